The van der Waals surface area contributed by atoms with Crippen molar-refractivity contribution in [3.8, 4) is 10.6 Å². The number of thiazole rings is 1. The van der Waals surface area contributed by atoms with E-state index in [4.69, 9.17) is 23.2 Å². The Hall–Kier alpha value is -2.41. The van der Waals surface area contributed by atoms with Crippen LogP contribution >= 0.6 is 34.5 Å². The standard InChI is InChI=1S/C19H15Cl2N3O2S/c1-24(10-17(25)22-13-7-8-14(20)15(21)9-13)19(26)16-11-27-18(23-16)12-5-3-2-4-6-12/h2-9,11H,10H2,1H3,(H,22,25). The summed E-state index contributed by atoms with van der Waals surface area (Å²) < 4.78 is 0. The highest BCUT2D eigenvalue weighted by Crippen LogP contribution is 2.25. The van der Waals surface area contributed by atoms with Gasteiger partial charge in [-0.3, -0.25) is 9.59 Å². The Labute approximate surface area is 170 Å². The smallest absolute Gasteiger partial charge is 0.273 e. The molecule has 0 aliphatic carbocycles. The maximum atomic E-state index is 12.5. The summed E-state index contributed by atoms with van der Waals surface area (Å²) in [7, 11) is 1.55. The van der Waals surface area contributed by atoms with Crippen LogP contribution < -0.4 is 5.32 Å². The van der Waals surface area contributed by atoms with Crippen LogP contribution in [0.3, 0.4) is 0 Å². The summed E-state index contributed by atoms with van der Waals surface area (Å²) in [5.74, 6) is -0.666. The molecule has 8 heteroatoms. The van der Waals surface area contributed by atoms with E-state index in [2.05, 4.69) is 10.3 Å². The van der Waals surface area contributed by atoms with Gasteiger partial charge in [-0.2, -0.15) is 0 Å². The number of carbonyl (C=O) groups excluding carboxylic acids is 2. The largest absolute Gasteiger partial charge is 0.331 e. The maximum absolute atomic E-state index is 12.5. The molecule has 0 aliphatic rings. The number of hydrogen-bond acceptors (Lipinski definition) is 4. The van der Waals surface area contributed by atoms with Crippen LogP contribution in [0.25, 0.3) is 10.6 Å². The van der Waals surface area contributed by atoms with Crippen LogP contribution in [-0.4, -0.2) is 35.3 Å². The van der Waals surface area contributed by atoms with Gasteiger partial charge in [0.25, 0.3) is 5.91 Å². The number of amides is 2. The van der Waals surface area contributed by atoms with Gasteiger partial charge in [-0.15, -0.1) is 11.3 Å². The summed E-state index contributed by atoms with van der Waals surface area (Å²) in [6.45, 7) is -0.114. The minimum Gasteiger partial charge on any atom is -0.331 e. The van der Waals surface area contributed by atoms with Crippen LogP contribution in [0, 0.1) is 0 Å². The van der Waals surface area contributed by atoms with Gasteiger partial charge < -0.3 is 10.2 Å². The van der Waals surface area contributed by atoms with E-state index >= 15 is 0 Å². The zero-order valence-electron chi connectivity index (χ0n) is 14.3. The van der Waals surface area contributed by atoms with Crippen molar-refractivity contribution in [3.63, 3.8) is 0 Å². The first-order valence-electron chi connectivity index (χ1n) is 7.95. The summed E-state index contributed by atoms with van der Waals surface area (Å²) in [4.78, 5) is 30.4. The van der Waals surface area contributed by atoms with Gasteiger partial charge in [0.2, 0.25) is 5.91 Å². The Morgan fingerprint density at radius 2 is 1.85 bits per heavy atom. The van der Waals surface area contributed by atoms with Crippen LogP contribution in [0.4, 0.5) is 5.69 Å². The van der Waals surface area contributed by atoms with Crippen LogP contribution in [0.1, 0.15) is 10.5 Å². The highest BCUT2D eigenvalue weighted by atomic mass is 35.5. The molecule has 2 amide bonds. The molecule has 0 aliphatic heterocycles. The number of halogens is 2. The number of nitrogens with zero attached hydrogens (tertiary/aromatic N) is 2. The van der Waals surface area contributed by atoms with Crippen LogP contribution in [-0.2, 0) is 4.79 Å². The van der Waals surface area contributed by atoms with E-state index in [-0.39, 0.29) is 18.4 Å². The van der Waals surface area contributed by atoms with Crippen LogP contribution in [0.5, 0.6) is 0 Å². The number of aromatic nitrogens is 1. The maximum Gasteiger partial charge on any atom is 0.273 e. The lowest BCUT2D eigenvalue weighted by atomic mass is 10.2. The van der Waals surface area contributed by atoms with E-state index in [1.54, 1.807) is 30.6 Å². The number of rotatable bonds is 5. The lowest BCUT2D eigenvalue weighted by Gasteiger charge is -2.15. The van der Waals surface area contributed by atoms with Gasteiger partial charge in [0.05, 0.1) is 16.6 Å². The summed E-state index contributed by atoms with van der Waals surface area (Å²) in [6, 6.07) is 14.4. The number of benzene rings is 2. The second kappa shape index (κ2) is 8.52. The highest BCUT2D eigenvalue weighted by molar-refractivity contribution is 7.13. The minimum atomic E-state index is -0.345. The normalized spacial score (nSPS) is 10.5. The summed E-state index contributed by atoms with van der Waals surface area (Å²) in [5, 5.41) is 5.88. The van der Waals surface area contributed by atoms with Gasteiger partial charge in [0.15, 0.2) is 0 Å². The van der Waals surface area contributed by atoms with Crippen molar-refractivity contribution in [2.24, 2.45) is 0 Å². The number of carbonyl (C=O) groups is 2. The molecule has 0 radical (unpaired) electrons. The van der Waals surface area contributed by atoms with Crippen molar-refractivity contribution in [1.29, 1.82) is 0 Å². The molecule has 0 saturated heterocycles. The fourth-order valence-electron chi connectivity index (χ4n) is 2.34. The molecule has 1 aromatic heterocycles. The van der Waals surface area contributed by atoms with Crippen molar-refractivity contribution in [1.82, 2.24) is 9.88 Å². The first-order chi connectivity index (χ1) is 12.9. The van der Waals surface area contributed by atoms with Crippen molar-refractivity contribution < 1.29 is 9.59 Å². The lowest BCUT2D eigenvalue weighted by Crippen LogP contribution is -2.35. The topological polar surface area (TPSA) is 62.3 Å². The predicted octanol–water partition coefficient (Wildman–Crippen LogP) is 4.83. The number of hydrogen-bond donors (Lipinski definition) is 1. The van der Waals surface area contributed by atoms with Gasteiger partial charge in [0.1, 0.15) is 10.7 Å². The van der Waals surface area contributed by atoms with Crippen molar-refractivity contribution in [3.05, 3.63) is 69.7 Å². The molecule has 0 fully saturated rings. The van der Waals surface area contributed by atoms with Crippen molar-refractivity contribution in [2.75, 3.05) is 18.9 Å². The fraction of sp³-hybridized carbons (Fsp3) is 0.105. The van der Waals surface area contributed by atoms with Crippen molar-refractivity contribution in [2.45, 2.75) is 0 Å². The van der Waals surface area contributed by atoms with Gasteiger partial charge in [-0.1, -0.05) is 53.5 Å². The van der Waals surface area contributed by atoms with Crippen LogP contribution in [0.15, 0.2) is 53.9 Å². The second-order valence-corrected chi connectivity index (χ2v) is 7.41. The van der Waals surface area contributed by atoms with E-state index in [1.807, 2.05) is 30.3 Å². The molecule has 0 saturated carbocycles. The Morgan fingerprint density at radius 1 is 1.11 bits per heavy atom. The molecule has 0 atom stereocenters. The Bertz CT molecular complexity index is 976. The third-order valence-electron chi connectivity index (χ3n) is 3.67. The molecule has 1 heterocycles. The molecule has 3 aromatic rings. The zero-order valence-corrected chi connectivity index (χ0v) is 16.6. The first kappa shape index (κ1) is 19.4. The summed E-state index contributed by atoms with van der Waals surface area (Å²) in [5.41, 5.74) is 1.76. The average molecular weight is 420 g/mol. The quantitative estimate of drug-likeness (QED) is 0.643. The van der Waals surface area contributed by atoms with Crippen molar-refractivity contribution >= 4 is 52.0 Å². The molecule has 138 valence electrons. The second-order valence-electron chi connectivity index (χ2n) is 5.74. The Kier molecular flexibility index (Phi) is 6.11. The predicted molar refractivity (Wildman–Crippen MR) is 110 cm³/mol. The SMILES string of the molecule is CN(CC(=O)Nc1ccc(Cl)c(Cl)c1)C(=O)c1csc(-c2ccccc2)n1. The molecule has 5 nitrogen and oxygen atoms in total. The zero-order chi connectivity index (χ0) is 19.4. The molecule has 1 N–H and O–H groups in total. The van der Waals surface area contributed by atoms with E-state index in [9.17, 15) is 9.59 Å². The first-order valence-corrected chi connectivity index (χ1v) is 9.59. The van der Waals surface area contributed by atoms with Crippen LogP contribution in [0.2, 0.25) is 10.0 Å². The van der Waals surface area contributed by atoms with Gasteiger partial charge in [-0.05, 0) is 18.2 Å². The van der Waals surface area contributed by atoms with E-state index < -0.39 is 0 Å². The minimum absolute atomic E-state index is 0.114. The fourth-order valence-corrected chi connectivity index (χ4v) is 3.44. The summed E-state index contributed by atoms with van der Waals surface area (Å²) in [6.07, 6.45) is 0. The Morgan fingerprint density at radius 3 is 2.56 bits per heavy atom. The third kappa shape index (κ3) is 4.86. The summed E-state index contributed by atoms with van der Waals surface area (Å²) >= 11 is 13.2. The van der Waals surface area contributed by atoms with E-state index in [0.717, 1.165) is 10.6 Å². The number of likely N-dealkylation sites (N-methyl/N-ethyl adjacent to an activating group) is 1. The molecule has 0 bridgehead atoms. The highest BCUT2D eigenvalue weighted by Gasteiger charge is 2.18. The molecule has 0 unspecified atom stereocenters. The average Bonchev–Trinajstić information content (AvgIpc) is 3.15. The number of nitrogens with one attached hydrogen (secondary N) is 1. The lowest BCUT2D eigenvalue weighted by molar-refractivity contribution is -0.116. The molecule has 2 aromatic carbocycles. The molecule has 0 spiro atoms. The Balaban J connectivity index is 1.62. The molecule has 3 rings (SSSR count). The monoisotopic (exact) mass is 419 g/mol. The van der Waals surface area contributed by atoms with E-state index in [1.165, 1.54) is 16.2 Å². The van der Waals surface area contributed by atoms with Gasteiger partial charge >= 0.3 is 0 Å². The third-order valence-corrected chi connectivity index (χ3v) is 5.31. The van der Waals surface area contributed by atoms with E-state index in [0.29, 0.717) is 21.4 Å². The molecular weight excluding hydrogens is 405 g/mol. The van der Waals surface area contributed by atoms with Gasteiger partial charge in [-0.25, -0.2) is 4.98 Å². The molecular formula is C19H15Cl2N3O2S. The number of anilines is 1. The van der Waals surface area contributed by atoms with Gasteiger partial charge in [0, 0.05) is 23.7 Å². The molecule has 27 heavy (non-hydrogen) atoms.